The molecular weight excluding hydrogens is 316 g/mol. The third-order valence-electron chi connectivity index (χ3n) is 3.82. The number of hydrogen-bond acceptors (Lipinski definition) is 5. The molecule has 0 spiro atoms. The number of imidazole rings is 1. The average molecular weight is 328 g/mol. The van der Waals surface area contributed by atoms with Crippen molar-refractivity contribution in [2.24, 2.45) is 5.10 Å². The van der Waals surface area contributed by atoms with Crippen LogP contribution in [0.1, 0.15) is 10.4 Å². The SMILES string of the molecule is N#C/C(=N\Nc1nc2ccccc2[nH]1)C(=O)c1c[nH]c2ccccc12. The summed E-state index contributed by atoms with van der Waals surface area (Å²) in [6, 6.07) is 16.7. The van der Waals surface area contributed by atoms with E-state index in [0.29, 0.717) is 11.5 Å². The van der Waals surface area contributed by atoms with E-state index in [-0.39, 0.29) is 5.71 Å². The number of H-pyrrole nitrogens is 2. The van der Waals surface area contributed by atoms with Crippen LogP contribution in [0.2, 0.25) is 0 Å². The topological polar surface area (TPSA) is 110 Å². The summed E-state index contributed by atoms with van der Waals surface area (Å²) in [5.74, 6) is -0.0933. The van der Waals surface area contributed by atoms with Crippen molar-refractivity contribution in [2.75, 3.05) is 5.43 Å². The first kappa shape index (κ1) is 14.7. The lowest BCUT2D eigenvalue weighted by Gasteiger charge is -1.98. The number of hydrogen-bond donors (Lipinski definition) is 3. The van der Waals surface area contributed by atoms with Crippen LogP contribution in [0.25, 0.3) is 21.9 Å². The second-order valence-corrected chi connectivity index (χ2v) is 5.36. The van der Waals surface area contributed by atoms with Gasteiger partial charge in [-0.2, -0.15) is 10.4 Å². The average Bonchev–Trinajstić information content (AvgIpc) is 3.25. The highest BCUT2D eigenvalue weighted by molar-refractivity contribution is 6.52. The van der Waals surface area contributed by atoms with E-state index in [0.717, 1.165) is 21.9 Å². The van der Waals surface area contributed by atoms with Crippen LogP contribution >= 0.6 is 0 Å². The summed E-state index contributed by atoms with van der Waals surface area (Å²) in [7, 11) is 0. The zero-order valence-electron chi connectivity index (χ0n) is 12.9. The third-order valence-corrected chi connectivity index (χ3v) is 3.82. The number of aromatic nitrogens is 3. The summed E-state index contributed by atoms with van der Waals surface area (Å²) >= 11 is 0. The maximum atomic E-state index is 12.6. The predicted molar refractivity (Wildman–Crippen MR) is 95.4 cm³/mol. The van der Waals surface area contributed by atoms with Gasteiger partial charge in [0.1, 0.15) is 6.07 Å². The number of rotatable bonds is 4. The van der Waals surface area contributed by atoms with Gasteiger partial charge in [0.25, 0.3) is 0 Å². The number of nitrogens with one attached hydrogen (secondary N) is 3. The fraction of sp³-hybridized carbons (Fsp3) is 0. The molecule has 0 amide bonds. The highest BCUT2D eigenvalue weighted by atomic mass is 16.1. The summed E-state index contributed by atoms with van der Waals surface area (Å²) in [6.07, 6.45) is 1.58. The summed E-state index contributed by atoms with van der Waals surface area (Å²) in [5, 5.41) is 14.0. The summed E-state index contributed by atoms with van der Waals surface area (Å²) in [6.45, 7) is 0. The fourth-order valence-electron chi connectivity index (χ4n) is 2.63. The maximum absolute atomic E-state index is 12.6. The molecule has 120 valence electrons. The van der Waals surface area contributed by atoms with Crippen LogP contribution < -0.4 is 5.43 Å². The van der Waals surface area contributed by atoms with E-state index in [1.807, 2.05) is 54.6 Å². The zero-order chi connectivity index (χ0) is 17.2. The van der Waals surface area contributed by atoms with Crippen molar-refractivity contribution >= 4 is 39.4 Å². The van der Waals surface area contributed by atoms with Crippen LogP contribution in [0.5, 0.6) is 0 Å². The Morgan fingerprint density at radius 2 is 1.88 bits per heavy atom. The first-order valence-electron chi connectivity index (χ1n) is 7.55. The van der Waals surface area contributed by atoms with E-state index >= 15 is 0 Å². The summed E-state index contributed by atoms with van der Waals surface area (Å²) in [5.41, 5.74) is 5.23. The molecule has 0 saturated carbocycles. The highest BCUT2D eigenvalue weighted by Crippen LogP contribution is 2.19. The number of nitrogens with zero attached hydrogens (tertiary/aromatic N) is 3. The van der Waals surface area contributed by atoms with Gasteiger partial charge in [0.2, 0.25) is 17.4 Å². The molecule has 0 fully saturated rings. The molecule has 4 aromatic rings. The number of aromatic amines is 2. The van der Waals surface area contributed by atoms with E-state index in [4.69, 9.17) is 0 Å². The van der Waals surface area contributed by atoms with Crippen molar-refractivity contribution in [3.63, 3.8) is 0 Å². The normalized spacial score (nSPS) is 11.6. The Kier molecular flexibility index (Phi) is 3.48. The van der Waals surface area contributed by atoms with Gasteiger partial charge in [-0.15, -0.1) is 0 Å². The Morgan fingerprint density at radius 3 is 2.68 bits per heavy atom. The van der Waals surface area contributed by atoms with E-state index in [9.17, 15) is 10.1 Å². The van der Waals surface area contributed by atoms with Crippen molar-refractivity contribution in [2.45, 2.75) is 0 Å². The summed E-state index contributed by atoms with van der Waals surface area (Å²) in [4.78, 5) is 22.9. The molecule has 0 aliphatic carbocycles. The Morgan fingerprint density at radius 1 is 1.12 bits per heavy atom. The van der Waals surface area contributed by atoms with Crippen molar-refractivity contribution in [1.29, 1.82) is 5.26 Å². The van der Waals surface area contributed by atoms with Crippen molar-refractivity contribution in [3.8, 4) is 6.07 Å². The number of fused-ring (bicyclic) bond motifs is 2. The molecule has 7 nitrogen and oxygen atoms in total. The predicted octanol–water partition coefficient (Wildman–Crippen LogP) is 3.22. The van der Waals surface area contributed by atoms with Gasteiger partial charge in [-0.25, -0.2) is 10.4 Å². The Hall–Kier alpha value is -3.92. The second-order valence-electron chi connectivity index (χ2n) is 5.36. The number of hydrazone groups is 1. The van der Waals surface area contributed by atoms with Crippen LogP contribution in [0.4, 0.5) is 5.95 Å². The Labute approximate surface area is 142 Å². The largest absolute Gasteiger partial charge is 0.360 e. The minimum absolute atomic E-state index is 0.245. The second kappa shape index (κ2) is 5.94. The molecule has 25 heavy (non-hydrogen) atoms. The quantitative estimate of drug-likeness (QED) is 0.303. The van der Waals surface area contributed by atoms with E-state index in [1.54, 1.807) is 6.20 Å². The van der Waals surface area contributed by atoms with Crippen molar-refractivity contribution in [1.82, 2.24) is 15.0 Å². The monoisotopic (exact) mass is 328 g/mol. The summed E-state index contributed by atoms with van der Waals surface area (Å²) < 4.78 is 0. The van der Waals surface area contributed by atoms with E-state index in [2.05, 4.69) is 25.5 Å². The van der Waals surface area contributed by atoms with Crippen molar-refractivity contribution < 1.29 is 4.79 Å². The minimum atomic E-state index is -0.455. The lowest BCUT2D eigenvalue weighted by molar-refractivity contribution is 0.106. The molecule has 2 aromatic carbocycles. The number of nitriles is 1. The molecule has 0 aliphatic rings. The molecule has 0 bridgehead atoms. The Balaban J connectivity index is 1.64. The molecule has 0 radical (unpaired) electrons. The van der Waals surface area contributed by atoms with Crippen LogP contribution in [0.15, 0.2) is 59.8 Å². The Bertz CT molecular complexity index is 1130. The number of para-hydroxylation sites is 3. The molecule has 0 unspecified atom stereocenters. The van der Waals surface area contributed by atoms with Gasteiger partial charge in [0.15, 0.2) is 0 Å². The molecule has 3 N–H and O–H groups in total. The molecule has 0 saturated heterocycles. The van der Waals surface area contributed by atoms with Crippen molar-refractivity contribution in [3.05, 3.63) is 60.3 Å². The van der Waals surface area contributed by atoms with Crippen LogP contribution in [-0.2, 0) is 0 Å². The van der Waals surface area contributed by atoms with Crippen LogP contribution in [-0.4, -0.2) is 26.4 Å². The van der Waals surface area contributed by atoms with E-state index in [1.165, 1.54) is 0 Å². The lowest BCUT2D eigenvalue weighted by Crippen LogP contribution is -2.14. The smallest absolute Gasteiger partial charge is 0.226 e. The van der Waals surface area contributed by atoms with Gasteiger partial charge in [0, 0.05) is 17.1 Å². The number of carbonyl (C=O) groups excluding carboxylic acids is 1. The first-order chi connectivity index (χ1) is 12.3. The standard InChI is InChI=1S/C18H12N6O/c19-9-16(17(25)12-10-20-13-6-2-1-5-11(12)13)23-24-18-21-14-7-3-4-8-15(14)22-18/h1-8,10,20H,(H2,21,22,24)/b23-16+. The van der Waals surface area contributed by atoms with Gasteiger partial charge in [-0.1, -0.05) is 30.3 Å². The maximum Gasteiger partial charge on any atom is 0.226 e. The molecule has 0 aliphatic heterocycles. The third kappa shape index (κ3) is 2.62. The van der Waals surface area contributed by atoms with Gasteiger partial charge in [-0.05, 0) is 18.2 Å². The van der Waals surface area contributed by atoms with Crippen LogP contribution in [0, 0.1) is 11.3 Å². The first-order valence-corrected chi connectivity index (χ1v) is 7.55. The number of anilines is 1. The molecule has 4 rings (SSSR count). The molecular formula is C18H12N6O. The lowest BCUT2D eigenvalue weighted by atomic mass is 10.1. The number of ketones is 1. The molecule has 2 aromatic heterocycles. The van der Waals surface area contributed by atoms with Gasteiger partial charge in [-0.3, -0.25) is 4.79 Å². The molecule has 2 heterocycles. The zero-order valence-corrected chi connectivity index (χ0v) is 12.9. The fourth-order valence-corrected chi connectivity index (χ4v) is 2.63. The van der Waals surface area contributed by atoms with Gasteiger partial charge < -0.3 is 9.97 Å². The molecule has 0 atom stereocenters. The highest BCUT2D eigenvalue weighted by Gasteiger charge is 2.18. The van der Waals surface area contributed by atoms with Crippen LogP contribution in [0.3, 0.4) is 0 Å². The molecule has 7 heteroatoms. The van der Waals surface area contributed by atoms with Gasteiger partial charge in [0.05, 0.1) is 16.6 Å². The number of benzene rings is 2. The minimum Gasteiger partial charge on any atom is -0.360 e. The van der Waals surface area contributed by atoms with Gasteiger partial charge >= 0.3 is 0 Å². The number of Topliss-reactive ketones (excluding diaryl/α,β-unsaturated/α-hetero) is 1. The number of carbonyl (C=O) groups is 1. The van der Waals surface area contributed by atoms with E-state index < -0.39 is 5.78 Å².